The molecular formula is C17H22N2O5S. The highest BCUT2D eigenvalue weighted by atomic mass is 32.2. The molecule has 0 saturated heterocycles. The van der Waals surface area contributed by atoms with Crippen molar-refractivity contribution < 1.29 is 22.4 Å². The maximum Gasteiger partial charge on any atom is 0.235 e. The number of furan rings is 1. The van der Waals surface area contributed by atoms with Crippen molar-refractivity contribution in [3.63, 3.8) is 0 Å². The van der Waals surface area contributed by atoms with Gasteiger partial charge in [-0.1, -0.05) is 18.2 Å². The predicted octanol–water partition coefficient (Wildman–Crippen LogP) is 1.41. The summed E-state index contributed by atoms with van der Waals surface area (Å²) in [6, 6.07) is 10.9. The molecule has 1 N–H and O–H groups in total. The summed E-state index contributed by atoms with van der Waals surface area (Å²) in [6.07, 6.45) is 3.12. The molecule has 0 spiro atoms. The first kappa shape index (κ1) is 19.0. The number of rotatable bonds is 9. The summed E-state index contributed by atoms with van der Waals surface area (Å²) >= 11 is 0. The van der Waals surface area contributed by atoms with E-state index in [2.05, 4.69) is 5.32 Å². The van der Waals surface area contributed by atoms with Crippen LogP contribution in [0.3, 0.4) is 0 Å². The Bertz CT molecular complexity index is 787. The molecule has 8 heteroatoms. The first-order valence-corrected chi connectivity index (χ1v) is 9.61. The minimum atomic E-state index is -3.53. The summed E-state index contributed by atoms with van der Waals surface area (Å²) < 4.78 is 35.2. The zero-order valence-corrected chi connectivity index (χ0v) is 15.1. The maximum absolute atomic E-state index is 12.1. The molecule has 2 rings (SSSR count). The van der Waals surface area contributed by atoms with Gasteiger partial charge in [-0.2, -0.15) is 4.31 Å². The lowest BCUT2D eigenvalue weighted by Crippen LogP contribution is -2.40. The van der Waals surface area contributed by atoms with Crippen molar-refractivity contribution in [2.24, 2.45) is 0 Å². The SMILES string of the molecule is COc1ccccc1CCNC(=O)CN(Cc1ccco1)S(C)(=O)=O. The molecule has 136 valence electrons. The summed E-state index contributed by atoms with van der Waals surface area (Å²) in [5.74, 6) is 0.867. The molecule has 0 aliphatic carbocycles. The molecule has 0 radical (unpaired) electrons. The van der Waals surface area contributed by atoms with Crippen LogP contribution < -0.4 is 10.1 Å². The Morgan fingerprint density at radius 1 is 1.24 bits per heavy atom. The number of hydrogen-bond donors (Lipinski definition) is 1. The van der Waals surface area contributed by atoms with E-state index in [1.165, 1.54) is 6.26 Å². The van der Waals surface area contributed by atoms with Crippen molar-refractivity contribution in [3.8, 4) is 5.75 Å². The number of methoxy groups -OCH3 is 1. The molecule has 0 aliphatic heterocycles. The molecule has 1 aromatic heterocycles. The van der Waals surface area contributed by atoms with Crippen molar-refractivity contribution in [1.82, 2.24) is 9.62 Å². The van der Waals surface area contributed by atoms with Gasteiger partial charge in [0.15, 0.2) is 0 Å². The number of ether oxygens (including phenoxy) is 1. The lowest BCUT2D eigenvalue weighted by molar-refractivity contribution is -0.121. The van der Waals surface area contributed by atoms with E-state index in [0.717, 1.165) is 21.9 Å². The van der Waals surface area contributed by atoms with E-state index < -0.39 is 10.0 Å². The molecule has 0 saturated carbocycles. The lowest BCUT2D eigenvalue weighted by Gasteiger charge is -2.18. The standard InChI is InChI=1S/C17H22N2O5S/c1-23-16-8-4-3-6-14(16)9-10-18-17(20)13-19(25(2,21)22)12-15-7-5-11-24-15/h3-8,11H,9-10,12-13H2,1-2H3,(H,18,20). The molecule has 0 unspecified atom stereocenters. The van der Waals surface area contributed by atoms with Crippen molar-refractivity contribution in [2.45, 2.75) is 13.0 Å². The smallest absolute Gasteiger partial charge is 0.235 e. The topological polar surface area (TPSA) is 88.8 Å². The van der Waals surface area contributed by atoms with E-state index in [1.54, 1.807) is 19.2 Å². The number of hydrogen-bond acceptors (Lipinski definition) is 5. The molecule has 0 aliphatic rings. The zero-order chi connectivity index (χ0) is 18.3. The van der Waals surface area contributed by atoms with Gasteiger partial charge in [0.05, 0.1) is 32.7 Å². The van der Waals surface area contributed by atoms with Crippen molar-refractivity contribution in [1.29, 1.82) is 0 Å². The van der Waals surface area contributed by atoms with Gasteiger partial charge in [0.1, 0.15) is 11.5 Å². The fourth-order valence-electron chi connectivity index (χ4n) is 2.33. The Morgan fingerprint density at radius 2 is 2.00 bits per heavy atom. The number of amides is 1. The van der Waals surface area contributed by atoms with Gasteiger partial charge in [0.25, 0.3) is 0 Å². The predicted molar refractivity (Wildman–Crippen MR) is 93.7 cm³/mol. The largest absolute Gasteiger partial charge is 0.496 e. The van der Waals surface area contributed by atoms with Crippen molar-refractivity contribution in [3.05, 3.63) is 54.0 Å². The molecule has 0 fully saturated rings. The Hall–Kier alpha value is -2.32. The minimum absolute atomic E-state index is 0.0196. The lowest BCUT2D eigenvalue weighted by atomic mass is 10.1. The highest BCUT2D eigenvalue weighted by Crippen LogP contribution is 2.17. The van der Waals surface area contributed by atoms with Crippen LogP contribution in [0.2, 0.25) is 0 Å². The highest BCUT2D eigenvalue weighted by Gasteiger charge is 2.21. The van der Waals surface area contributed by atoms with Gasteiger partial charge < -0.3 is 14.5 Å². The second-order valence-electron chi connectivity index (χ2n) is 5.52. The van der Waals surface area contributed by atoms with Crippen molar-refractivity contribution >= 4 is 15.9 Å². The molecule has 0 atom stereocenters. The molecule has 1 aromatic carbocycles. The number of sulfonamides is 1. The number of carbonyl (C=O) groups is 1. The van der Waals surface area contributed by atoms with Crippen LogP contribution in [0.15, 0.2) is 47.1 Å². The van der Waals surface area contributed by atoms with Crippen LogP contribution in [-0.4, -0.2) is 45.1 Å². The number of para-hydroxylation sites is 1. The average molecular weight is 366 g/mol. The number of carbonyl (C=O) groups excluding carboxylic acids is 1. The first-order valence-electron chi connectivity index (χ1n) is 7.76. The zero-order valence-electron chi connectivity index (χ0n) is 14.3. The molecule has 7 nitrogen and oxygen atoms in total. The molecule has 0 bridgehead atoms. The van der Waals surface area contributed by atoms with Crippen LogP contribution in [0.4, 0.5) is 0 Å². The third-order valence-corrected chi connectivity index (χ3v) is 4.81. The molecule has 25 heavy (non-hydrogen) atoms. The second-order valence-corrected chi connectivity index (χ2v) is 7.50. The first-order chi connectivity index (χ1) is 11.9. The van der Waals surface area contributed by atoms with Gasteiger partial charge >= 0.3 is 0 Å². The number of nitrogens with zero attached hydrogens (tertiary/aromatic N) is 1. The Labute approximate surface area is 147 Å². The maximum atomic E-state index is 12.1. The van der Waals surface area contributed by atoms with Crippen molar-refractivity contribution in [2.75, 3.05) is 26.5 Å². The fourth-order valence-corrected chi connectivity index (χ4v) is 3.04. The van der Waals surface area contributed by atoms with Crippen LogP contribution >= 0.6 is 0 Å². The van der Waals surface area contributed by atoms with Gasteiger partial charge in [0, 0.05) is 6.54 Å². The minimum Gasteiger partial charge on any atom is -0.496 e. The van der Waals surface area contributed by atoms with Gasteiger partial charge in [-0.3, -0.25) is 4.79 Å². The van der Waals surface area contributed by atoms with E-state index in [9.17, 15) is 13.2 Å². The molecule has 1 amide bonds. The second kappa shape index (κ2) is 8.68. The van der Waals surface area contributed by atoms with Crippen LogP contribution in [-0.2, 0) is 27.8 Å². The molecule has 2 aromatic rings. The van der Waals surface area contributed by atoms with E-state index in [1.807, 2.05) is 24.3 Å². The monoisotopic (exact) mass is 366 g/mol. The normalized spacial score (nSPS) is 11.5. The average Bonchev–Trinajstić information content (AvgIpc) is 3.07. The summed E-state index contributed by atoms with van der Waals surface area (Å²) in [4.78, 5) is 12.1. The fraction of sp³-hybridized carbons (Fsp3) is 0.353. The Morgan fingerprint density at radius 3 is 2.64 bits per heavy atom. The van der Waals surface area contributed by atoms with Crippen LogP contribution in [0.1, 0.15) is 11.3 Å². The van der Waals surface area contributed by atoms with Crippen LogP contribution in [0.25, 0.3) is 0 Å². The summed E-state index contributed by atoms with van der Waals surface area (Å²) in [6.45, 7) is 0.148. The number of benzene rings is 1. The number of nitrogens with one attached hydrogen (secondary N) is 1. The Kier molecular flexibility index (Phi) is 6.60. The van der Waals surface area contributed by atoms with Gasteiger partial charge in [0.2, 0.25) is 15.9 Å². The molecular weight excluding hydrogens is 344 g/mol. The van der Waals surface area contributed by atoms with Crippen LogP contribution in [0, 0.1) is 0 Å². The van der Waals surface area contributed by atoms with E-state index in [0.29, 0.717) is 18.7 Å². The third kappa shape index (κ3) is 5.91. The van der Waals surface area contributed by atoms with E-state index in [4.69, 9.17) is 9.15 Å². The van der Waals surface area contributed by atoms with E-state index >= 15 is 0 Å². The highest BCUT2D eigenvalue weighted by molar-refractivity contribution is 7.88. The summed E-state index contributed by atoms with van der Waals surface area (Å²) in [5, 5.41) is 2.73. The Balaban J connectivity index is 1.88. The third-order valence-electron chi connectivity index (χ3n) is 3.61. The van der Waals surface area contributed by atoms with Crippen LogP contribution in [0.5, 0.6) is 5.75 Å². The summed E-state index contributed by atoms with van der Waals surface area (Å²) in [5.41, 5.74) is 0.973. The van der Waals surface area contributed by atoms with Gasteiger partial charge in [-0.25, -0.2) is 8.42 Å². The quantitative estimate of drug-likeness (QED) is 0.725. The summed E-state index contributed by atoms with van der Waals surface area (Å²) in [7, 11) is -1.94. The van der Waals surface area contributed by atoms with E-state index in [-0.39, 0.29) is 19.0 Å². The molecule has 1 heterocycles. The van der Waals surface area contributed by atoms with Gasteiger partial charge in [-0.05, 0) is 30.2 Å². The van der Waals surface area contributed by atoms with Gasteiger partial charge in [-0.15, -0.1) is 0 Å².